The molecule has 0 unspecified atom stereocenters. The fourth-order valence-electron chi connectivity index (χ4n) is 9.28. The van der Waals surface area contributed by atoms with E-state index < -0.39 is 0 Å². The monoisotopic (exact) mass is 768 g/mol. The lowest BCUT2D eigenvalue weighted by Crippen LogP contribution is -2.19. The largest absolute Gasteiger partial charge is 0.496 e. The molecule has 8 bridgehead atoms. The number of fused-ring (bicyclic) bond motifs is 8. The van der Waals surface area contributed by atoms with Crippen molar-refractivity contribution < 1.29 is 37.9 Å². The number of hydrogen-bond donors (Lipinski definition) is 0. The van der Waals surface area contributed by atoms with E-state index in [1.165, 1.54) is 0 Å². The second-order valence-electron chi connectivity index (χ2n) is 16.2. The van der Waals surface area contributed by atoms with Gasteiger partial charge in [0.25, 0.3) is 0 Å². The number of rotatable bonds is 12. The number of hydrogen-bond acceptors (Lipinski definition) is 8. The van der Waals surface area contributed by atoms with Crippen molar-refractivity contribution in [3.05, 3.63) is 93.0 Å². The molecule has 5 rings (SSSR count). The summed E-state index contributed by atoms with van der Waals surface area (Å²) in [6.45, 7) is 18.0. The fourth-order valence-corrected chi connectivity index (χ4v) is 9.28. The Morgan fingerprint density at radius 2 is 0.375 bits per heavy atom. The van der Waals surface area contributed by atoms with E-state index in [-0.39, 0.29) is 47.3 Å². The third kappa shape index (κ3) is 7.56. The van der Waals surface area contributed by atoms with Crippen molar-refractivity contribution >= 4 is 0 Å². The minimum absolute atomic E-state index is 0.130. The molecule has 0 spiro atoms. The molecule has 0 atom stereocenters. The molecule has 0 heterocycles. The minimum atomic E-state index is -0.130. The van der Waals surface area contributed by atoms with Crippen LogP contribution < -0.4 is 37.9 Å². The predicted molar refractivity (Wildman–Crippen MR) is 225 cm³/mol. The van der Waals surface area contributed by atoms with Gasteiger partial charge in [-0.1, -0.05) is 55.4 Å². The maximum Gasteiger partial charge on any atom is 0.126 e. The van der Waals surface area contributed by atoms with Gasteiger partial charge < -0.3 is 37.9 Å². The maximum absolute atomic E-state index is 6.22. The van der Waals surface area contributed by atoms with Crippen LogP contribution in [-0.2, 0) is 0 Å². The maximum atomic E-state index is 6.22. The quantitative estimate of drug-likeness (QED) is 0.141. The summed E-state index contributed by atoms with van der Waals surface area (Å²) in [6.07, 6.45) is 0. The van der Waals surface area contributed by atoms with Gasteiger partial charge in [-0.2, -0.15) is 0 Å². The lowest BCUT2D eigenvalue weighted by molar-refractivity contribution is 0.363. The molecule has 304 valence electrons. The second kappa shape index (κ2) is 17.6. The molecular formula is C48H64O8. The summed E-state index contributed by atoms with van der Waals surface area (Å²) in [7, 11) is 13.8. The van der Waals surface area contributed by atoms with Crippen molar-refractivity contribution in [3.63, 3.8) is 0 Å². The highest BCUT2D eigenvalue weighted by Crippen LogP contribution is 2.54. The highest BCUT2D eigenvalue weighted by atomic mass is 16.5. The molecule has 1 aliphatic carbocycles. The van der Waals surface area contributed by atoms with Gasteiger partial charge >= 0.3 is 0 Å². The lowest BCUT2D eigenvalue weighted by Gasteiger charge is -2.34. The van der Waals surface area contributed by atoms with Gasteiger partial charge in [-0.05, 0) is 47.9 Å². The molecule has 56 heavy (non-hydrogen) atoms. The summed E-state index contributed by atoms with van der Waals surface area (Å²) in [4.78, 5) is 0. The number of benzene rings is 4. The SMILES string of the molecule is COc1cc(OC)c2cc1C(C(C)C)c1cc(c(OC)cc1OC)C(C(C)C)c1cc(c(OC)cc1OC)C(C(C)C)c1cc(c(OC)cc1OC)C2C(C)C. The van der Waals surface area contributed by atoms with Crippen LogP contribution in [0.5, 0.6) is 46.0 Å². The van der Waals surface area contributed by atoms with Gasteiger partial charge in [-0.25, -0.2) is 0 Å². The predicted octanol–water partition coefficient (Wildman–Crippen LogP) is 11.2. The van der Waals surface area contributed by atoms with Crippen LogP contribution in [0.2, 0.25) is 0 Å². The van der Waals surface area contributed by atoms with Crippen LogP contribution in [0.25, 0.3) is 0 Å². The molecule has 4 aromatic carbocycles. The highest BCUT2D eigenvalue weighted by molar-refractivity contribution is 5.63. The Morgan fingerprint density at radius 3 is 0.464 bits per heavy atom. The van der Waals surface area contributed by atoms with E-state index in [0.29, 0.717) is 0 Å². The van der Waals surface area contributed by atoms with Gasteiger partial charge in [-0.3, -0.25) is 0 Å². The van der Waals surface area contributed by atoms with Crippen LogP contribution in [0, 0.1) is 23.7 Å². The molecule has 0 amide bonds. The van der Waals surface area contributed by atoms with Crippen molar-refractivity contribution in [2.45, 2.75) is 79.1 Å². The van der Waals surface area contributed by atoms with E-state index in [2.05, 4.69) is 79.7 Å². The number of ether oxygens (including phenoxy) is 8. The average Bonchev–Trinajstić information content (AvgIpc) is 3.17. The van der Waals surface area contributed by atoms with Crippen LogP contribution in [0.15, 0.2) is 48.5 Å². The molecule has 0 fully saturated rings. The smallest absolute Gasteiger partial charge is 0.126 e. The van der Waals surface area contributed by atoms with E-state index in [1.807, 2.05) is 24.3 Å². The van der Waals surface area contributed by atoms with Crippen molar-refractivity contribution in [2.24, 2.45) is 23.7 Å². The molecular weight excluding hydrogens is 705 g/mol. The van der Waals surface area contributed by atoms with E-state index in [0.717, 1.165) is 90.5 Å². The molecule has 0 aromatic heterocycles. The van der Waals surface area contributed by atoms with Crippen molar-refractivity contribution in [1.29, 1.82) is 0 Å². The topological polar surface area (TPSA) is 73.8 Å². The summed E-state index contributed by atoms with van der Waals surface area (Å²) in [5, 5.41) is 0. The summed E-state index contributed by atoms with van der Waals surface area (Å²) in [5.74, 6) is 6.03. The van der Waals surface area contributed by atoms with Crippen molar-refractivity contribution in [3.8, 4) is 46.0 Å². The first-order valence-electron chi connectivity index (χ1n) is 19.8. The molecule has 0 aliphatic heterocycles. The Morgan fingerprint density at radius 1 is 0.250 bits per heavy atom. The third-order valence-electron chi connectivity index (χ3n) is 11.7. The van der Waals surface area contributed by atoms with E-state index in [1.54, 1.807) is 56.9 Å². The van der Waals surface area contributed by atoms with E-state index >= 15 is 0 Å². The van der Waals surface area contributed by atoms with Gasteiger partial charge in [0.05, 0.1) is 56.9 Å². The summed E-state index contributed by atoms with van der Waals surface area (Å²) >= 11 is 0. The van der Waals surface area contributed by atoms with Gasteiger partial charge in [0, 0.05) is 92.4 Å². The molecule has 0 N–H and O–H groups in total. The summed E-state index contributed by atoms with van der Waals surface area (Å²) < 4.78 is 49.8. The normalized spacial score (nSPS) is 17.9. The fraction of sp³-hybridized carbons (Fsp3) is 0.500. The standard InChI is InChI=1S/C48H64O8/c1-25(2)45-29-17-31(39(51-11)21-37(29)49-9)46(26(3)4)33-19-35(43(55-15)23-41(33)53-13)48(28(7)8)36-20-34(42(54-14)24-44(36)56-16)47(27(5)6)32-18-30(45)38(50-10)22-40(32)52-12/h17-28,45-48H,1-16H3. The summed E-state index contributed by atoms with van der Waals surface area (Å²) in [5.41, 5.74) is 8.36. The zero-order valence-electron chi connectivity index (χ0n) is 36.5. The van der Waals surface area contributed by atoms with Crippen molar-refractivity contribution in [1.82, 2.24) is 0 Å². The Bertz CT molecular complexity index is 1600. The molecule has 8 nitrogen and oxygen atoms in total. The summed E-state index contributed by atoms with van der Waals surface area (Å²) in [6, 6.07) is 17.3. The van der Waals surface area contributed by atoms with Gasteiger partial charge in [0.1, 0.15) is 46.0 Å². The van der Waals surface area contributed by atoms with E-state index in [9.17, 15) is 0 Å². The Balaban J connectivity index is 2.12. The Labute approximate surface area is 335 Å². The first kappa shape index (κ1) is 42.4. The molecule has 4 aromatic rings. The minimum Gasteiger partial charge on any atom is -0.496 e. The third-order valence-corrected chi connectivity index (χ3v) is 11.7. The molecule has 0 radical (unpaired) electrons. The van der Waals surface area contributed by atoms with Crippen LogP contribution in [0.3, 0.4) is 0 Å². The lowest BCUT2D eigenvalue weighted by atomic mass is 9.73. The van der Waals surface area contributed by atoms with Gasteiger partial charge in [-0.15, -0.1) is 0 Å². The first-order chi connectivity index (χ1) is 26.7. The molecule has 1 aliphatic rings. The zero-order chi connectivity index (χ0) is 41.2. The molecule has 0 saturated carbocycles. The highest BCUT2D eigenvalue weighted by Gasteiger charge is 2.37. The number of methoxy groups -OCH3 is 8. The van der Waals surface area contributed by atoms with Crippen LogP contribution in [0.4, 0.5) is 0 Å². The molecule has 8 heteroatoms. The van der Waals surface area contributed by atoms with Crippen LogP contribution >= 0.6 is 0 Å². The Hall–Kier alpha value is -4.72. The van der Waals surface area contributed by atoms with Crippen LogP contribution in [0.1, 0.15) is 124 Å². The van der Waals surface area contributed by atoms with E-state index in [4.69, 9.17) is 37.9 Å². The zero-order valence-corrected chi connectivity index (χ0v) is 36.5. The molecule has 0 saturated heterocycles. The Kier molecular flexibility index (Phi) is 13.3. The van der Waals surface area contributed by atoms with Gasteiger partial charge in [0.2, 0.25) is 0 Å². The second-order valence-corrected chi connectivity index (χ2v) is 16.2. The van der Waals surface area contributed by atoms with Crippen molar-refractivity contribution in [2.75, 3.05) is 56.9 Å². The van der Waals surface area contributed by atoms with Crippen LogP contribution in [-0.4, -0.2) is 56.9 Å². The first-order valence-corrected chi connectivity index (χ1v) is 19.8. The van der Waals surface area contributed by atoms with Gasteiger partial charge in [0.15, 0.2) is 0 Å². The average molecular weight is 769 g/mol.